The number of piperazine rings is 1. The van der Waals surface area contributed by atoms with Crippen molar-refractivity contribution in [2.45, 2.75) is 17.9 Å². The van der Waals surface area contributed by atoms with Crippen LogP contribution in [0.2, 0.25) is 0 Å². The third kappa shape index (κ3) is 3.56. The van der Waals surface area contributed by atoms with Gasteiger partial charge in [0.2, 0.25) is 10.0 Å². The van der Waals surface area contributed by atoms with Crippen molar-refractivity contribution in [2.75, 3.05) is 19.6 Å². The summed E-state index contributed by atoms with van der Waals surface area (Å²) in [5.41, 5.74) is 0.748. The van der Waals surface area contributed by atoms with Crippen LogP contribution in [0.25, 0.3) is 16.7 Å². The number of carbonyl (C=O) groups excluding carboxylic acids is 1. The third-order valence-corrected chi connectivity index (χ3v) is 7.74. The predicted octanol–water partition coefficient (Wildman–Crippen LogP) is 1.82. The molecule has 5 rings (SSSR count). The van der Waals surface area contributed by atoms with Crippen LogP contribution < -0.4 is 0 Å². The summed E-state index contributed by atoms with van der Waals surface area (Å²) in [4.78, 5) is 24.9. The maximum absolute atomic E-state index is 14.8. The van der Waals surface area contributed by atoms with Crippen LogP contribution in [0.3, 0.4) is 0 Å². The quantitative estimate of drug-likeness (QED) is 0.487. The van der Waals surface area contributed by atoms with E-state index in [0.29, 0.717) is 5.56 Å². The van der Waals surface area contributed by atoms with Crippen LogP contribution in [0.4, 0.5) is 4.39 Å². The van der Waals surface area contributed by atoms with E-state index < -0.39 is 21.9 Å². The van der Waals surface area contributed by atoms with Crippen LogP contribution in [0.15, 0.2) is 60.3 Å². The summed E-state index contributed by atoms with van der Waals surface area (Å²) in [6, 6.07) is 8.35. The van der Waals surface area contributed by atoms with Crippen molar-refractivity contribution in [3.05, 3.63) is 66.8 Å². The van der Waals surface area contributed by atoms with Gasteiger partial charge in [0.05, 0.1) is 17.1 Å². The minimum atomic E-state index is -4.07. The maximum atomic E-state index is 14.8. The van der Waals surface area contributed by atoms with Gasteiger partial charge in [0.15, 0.2) is 11.6 Å². The first-order valence-electron chi connectivity index (χ1n) is 10.2. The molecular formula is C21H20FN7O3S. The average Bonchev–Trinajstić information content (AvgIpc) is 3.50. The van der Waals surface area contributed by atoms with Gasteiger partial charge >= 0.3 is 0 Å². The molecule has 0 spiro atoms. The Hall–Kier alpha value is -3.64. The molecule has 10 nitrogen and oxygen atoms in total. The molecule has 4 heterocycles. The van der Waals surface area contributed by atoms with Gasteiger partial charge in [-0.25, -0.2) is 27.5 Å². The van der Waals surface area contributed by atoms with E-state index in [1.807, 2.05) is 6.07 Å². The van der Waals surface area contributed by atoms with Gasteiger partial charge in [-0.1, -0.05) is 18.2 Å². The highest BCUT2D eigenvalue weighted by molar-refractivity contribution is 7.89. The van der Waals surface area contributed by atoms with Crippen molar-refractivity contribution in [3.8, 4) is 5.82 Å². The number of pyridine rings is 1. The highest BCUT2D eigenvalue weighted by atomic mass is 32.2. The van der Waals surface area contributed by atoms with E-state index in [-0.39, 0.29) is 47.2 Å². The normalized spacial score (nSPS) is 17.5. The summed E-state index contributed by atoms with van der Waals surface area (Å²) in [7, 11) is -4.07. The molecule has 1 N–H and O–H groups in total. The van der Waals surface area contributed by atoms with Crippen LogP contribution in [0, 0.1) is 5.82 Å². The second kappa shape index (κ2) is 8.05. The van der Waals surface area contributed by atoms with E-state index in [1.165, 1.54) is 27.8 Å². The first-order chi connectivity index (χ1) is 15.9. The second-order valence-corrected chi connectivity index (χ2v) is 9.61. The maximum Gasteiger partial charge on any atom is 0.253 e. The molecule has 1 saturated heterocycles. The Balaban J connectivity index is 1.46. The van der Waals surface area contributed by atoms with Crippen molar-refractivity contribution in [1.29, 1.82) is 0 Å². The number of halogens is 1. The first kappa shape index (κ1) is 21.2. The lowest BCUT2D eigenvalue weighted by Gasteiger charge is -2.38. The lowest BCUT2D eigenvalue weighted by atomic mass is 10.1. The number of amides is 1. The fraction of sp³-hybridized carbons (Fsp3) is 0.238. The number of hydrogen-bond acceptors (Lipinski definition) is 6. The van der Waals surface area contributed by atoms with Gasteiger partial charge in [-0.15, -0.1) is 0 Å². The van der Waals surface area contributed by atoms with E-state index in [1.54, 1.807) is 36.1 Å². The zero-order valence-corrected chi connectivity index (χ0v) is 18.4. The number of fused-ring (bicyclic) bond motifs is 1. The van der Waals surface area contributed by atoms with Crippen LogP contribution in [-0.4, -0.2) is 73.9 Å². The molecule has 3 aromatic heterocycles. The minimum absolute atomic E-state index is 0.0921. The second-order valence-electron chi connectivity index (χ2n) is 7.75. The number of nitrogens with one attached hydrogen (secondary N) is 1. The summed E-state index contributed by atoms with van der Waals surface area (Å²) in [6.45, 7) is 2.28. The third-order valence-electron chi connectivity index (χ3n) is 5.70. The van der Waals surface area contributed by atoms with Crippen molar-refractivity contribution in [2.24, 2.45) is 0 Å². The number of sulfonamides is 1. The smallest absolute Gasteiger partial charge is 0.253 e. The van der Waals surface area contributed by atoms with Gasteiger partial charge in [0.25, 0.3) is 5.91 Å². The Bertz CT molecular complexity index is 1420. The monoisotopic (exact) mass is 469 g/mol. The largest absolute Gasteiger partial charge is 0.357 e. The fourth-order valence-corrected chi connectivity index (χ4v) is 5.91. The van der Waals surface area contributed by atoms with E-state index in [4.69, 9.17) is 0 Å². The van der Waals surface area contributed by atoms with E-state index in [2.05, 4.69) is 20.1 Å². The van der Waals surface area contributed by atoms with Gasteiger partial charge in [-0.3, -0.25) is 4.79 Å². The lowest BCUT2D eigenvalue weighted by Crippen LogP contribution is -2.55. The van der Waals surface area contributed by atoms with Gasteiger partial charge in [0.1, 0.15) is 17.6 Å². The molecule has 0 radical (unpaired) electrons. The molecule has 1 aliphatic heterocycles. The Kier molecular flexibility index (Phi) is 5.17. The lowest BCUT2D eigenvalue weighted by molar-refractivity contribution is 0.0642. The average molecular weight is 470 g/mol. The van der Waals surface area contributed by atoms with Crippen LogP contribution in [-0.2, 0) is 10.0 Å². The molecule has 0 saturated carbocycles. The number of H-pyrrole nitrogens is 1. The zero-order valence-electron chi connectivity index (χ0n) is 17.6. The Morgan fingerprint density at radius 3 is 2.70 bits per heavy atom. The number of aromatic amines is 1. The van der Waals surface area contributed by atoms with Gasteiger partial charge in [-0.05, 0) is 19.1 Å². The fourth-order valence-electron chi connectivity index (χ4n) is 4.13. The van der Waals surface area contributed by atoms with Crippen molar-refractivity contribution >= 4 is 26.8 Å². The molecule has 4 aromatic rings. The summed E-state index contributed by atoms with van der Waals surface area (Å²) in [5, 5.41) is 3.90. The molecule has 170 valence electrons. The summed E-state index contributed by atoms with van der Waals surface area (Å²) in [5.74, 6) is -0.683. The standard InChI is InChI=1S/C21H20FN7O3S/c1-14-11-27(21(30)15-5-3-2-4-6-15)7-8-29(14)33(31,32)17-10-24-19-18(17)16(22)9-25-20(19)28-13-23-12-26-28/h2-6,9-10,12-14,24H,7-8,11H2,1H3/t14-/m1/s1. The Labute approximate surface area is 188 Å². The summed E-state index contributed by atoms with van der Waals surface area (Å²) in [6.07, 6.45) is 4.92. The van der Waals surface area contributed by atoms with Crippen LogP contribution >= 0.6 is 0 Å². The van der Waals surface area contributed by atoms with E-state index in [0.717, 1.165) is 6.20 Å². The van der Waals surface area contributed by atoms with Crippen molar-refractivity contribution < 1.29 is 17.6 Å². The molecule has 12 heteroatoms. The summed E-state index contributed by atoms with van der Waals surface area (Å²) < 4.78 is 44.5. The zero-order chi connectivity index (χ0) is 23.2. The van der Waals surface area contributed by atoms with Gasteiger partial charge < -0.3 is 9.88 Å². The number of carbonyl (C=O) groups is 1. The Morgan fingerprint density at radius 2 is 2.00 bits per heavy atom. The molecule has 1 atom stereocenters. The minimum Gasteiger partial charge on any atom is -0.357 e. The van der Waals surface area contributed by atoms with Crippen molar-refractivity contribution in [3.63, 3.8) is 0 Å². The molecular weight excluding hydrogens is 449 g/mol. The molecule has 1 aromatic carbocycles. The van der Waals surface area contributed by atoms with Gasteiger partial charge in [0, 0.05) is 37.4 Å². The molecule has 1 fully saturated rings. The predicted molar refractivity (Wildman–Crippen MR) is 117 cm³/mol. The van der Waals surface area contributed by atoms with Crippen molar-refractivity contribution in [1.82, 2.24) is 33.9 Å². The molecule has 0 unspecified atom stereocenters. The first-order valence-corrected chi connectivity index (χ1v) is 11.7. The molecule has 0 aliphatic carbocycles. The highest BCUT2D eigenvalue weighted by Gasteiger charge is 2.37. The highest BCUT2D eigenvalue weighted by Crippen LogP contribution is 2.32. The number of benzene rings is 1. The van der Waals surface area contributed by atoms with Crippen LogP contribution in [0.1, 0.15) is 17.3 Å². The number of hydrogen-bond donors (Lipinski definition) is 1. The topological polar surface area (TPSA) is 117 Å². The van der Waals surface area contributed by atoms with E-state index >= 15 is 0 Å². The van der Waals surface area contributed by atoms with Gasteiger partial charge in [-0.2, -0.15) is 9.40 Å². The number of nitrogens with zero attached hydrogens (tertiary/aromatic N) is 6. The van der Waals surface area contributed by atoms with E-state index in [9.17, 15) is 17.6 Å². The molecule has 0 bridgehead atoms. The molecule has 1 aliphatic rings. The summed E-state index contributed by atoms with van der Waals surface area (Å²) >= 11 is 0. The molecule has 1 amide bonds. The van der Waals surface area contributed by atoms with Crippen LogP contribution in [0.5, 0.6) is 0 Å². The SMILES string of the molecule is C[C@@H]1CN(C(=O)c2ccccc2)CCN1S(=O)(=O)c1c[nH]c2c(-n3cncn3)ncc(F)c12. The molecule has 33 heavy (non-hydrogen) atoms. The Morgan fingerprint density at radius 1 is 1.21 bits per heavy atom. The number of aromatic nitrogens is 5. The number of rotatable bonds is 4.